The third-order valence-electron chi connectivity index (χ3n) is 3.91. The second-order valence-electron chi connectivity index (χ2n) is 5.34. The minimum absolute atomic E-state index is 0.207. The van der Waals surface area contributed by atoms with E-state index in [2.05, 4.69) is 22.1 Å². The normalized spacial score (nSPS) is 12.4. The smallest absolute Gasteiger partial charge is 0.141 e. The molecular weight excluding hydrogens is 272 g/mol. The summed E-state index contributed by atoms with van der Waals surface area (Å²) in [7, 11) is 0. The Labute approximate surface area is 128 Å². The highest BCUT2D eigenvalue weighted by molar-refractivity contribution is 5.84. The molecule has 0 unspecified atom stereocenters. The minimum atomic E-state index is 0.207. The number of hydrogen-bond acceptors (Lipinski definition) is 3. The van der Waals surface area contributed by atoms with Gasteiger partial charge in [0, 0.05) is 6.20 Å². The monoisotopic (exact) mass is 286 g/mol. The molecule has 1 N–H and O–H groups in total. The Balaban J connectivity index is 1.76. The van der Waals surface area contributed by atoms with Crippen molar-refractivity contribution in [3.8, 4) is 16.9 Å². The third-order valence-corrected chi connectivity index (χ3v) is 3.91. The van der Waals surface area contributed by atoms with Gasteiger partial charge in [-0.05, 0) is 52.9 Å². The molecule has 2 aromatic carbocycles. The molecule has 3 aromatic rings. The molecule has 0 bridgehead atoms. The van der Waals surface area contributed by atoms with Crippen molar-refractivity contribution >= 4 is 11.9 Å². The summed E-state index contributed by atoms with van der Waals surface area (Å²) in [6.45, 7) is 0. The Hall–Kier alpha value is -2.94. The van der Waals surface area contributed by atoms with Crippen LogP contribution in [0, 0.1) is 0 Å². The first-order chi connectivity index (χ1) is 10.8. The quantitative estimate of drug-likeness (QED) is 0.564. The van der Waals surface area contributed by atoms with E-state index in [4.69, 9.17) is 0 Å². The zero-order valence-corrected chi connectivity index (χ0v) is 11.9. The molecule has 22 heavy (non-hydrogen) atoms. The molecule has 0 saturated carbocycles. The van der Waals surface area contributed by atoms with Crippen molar-refractivity contribution in [1.82, 2.24) is 4.98 Å². The van der Waals surface area contributed by atoms with E-state index in [0.717, 1.165) is 23.2 Å². The molecule has 0 amide bonds. The predicted molar refractivity (Wildman–Crippen MR) is 87.8 cm³/mol. The van der Waals surface area contributed by atoms with E-state index in [0.29, 0.717) is 5.69 Å². The molecule has 3 heteroatoms. The number of pyridine rings is 1. The van der Waals surface area contributed by atoms with Crippen LogP contribution >= 0.6 is 0 Å². The van der Waals surface area contributed by atoms with Gasteiger partial charge in [0.05, 0.1) is 11.9 Å². The molecule has 0 fully saturated rings. The van der Waals surface area contributed by atoms with Crippen LogP contribution in [-0.4, -0.2) is 16.3 Å². The van der Waals surface area contributed by atoms with Gasteiger partial charge < -0.3 is 5.11 Å². The van der Waals surface area contributed by atoms with Crippen LogP contribution < -0.4 is 0 Å². The molecule has 3 nitrogen and oxygen atoms in total. The number of phenols is 1. The lowest BCUT2D eigenvalue weighted by Crippen LogP contribution is -1.85. The van der Waals surface area contributed by atoms with Crippen molar-refractivity contribution in [2.45, 2.75) is 6.42 Å². The van der Waals surface area contributed by atoms with Gasteiger partial charge in [0.25, 0.3) is 0 Å². The van der Waals surface area contributed by atoms with E-state index >= 15 is 0 Å². The molecule has 1 aliphatic rings. The maximum atomic E-state index is 10.2. The molecule has 0 radical (unpaired) electrons. The van der Waals surface area contributed by atoms with E-state index in [1.807, 2.05) is 42.5 Å². The number of aromatic nitrogens is 1. The van der Waals surface area contributed by atoms with Crippen LogP contribution in [0.3, 0.4) is 0 Å². The van der Waals surface area contributed by atoms with Gasteiger partial charge in [-0.1, -0.05) is 30.3 Å². The van der Waals surface area contributed by atoms with Crippen LogP contribution in [0.25, 0.3) is 11.1 Å². The lowest BCUT2D eigenvalue weighted by atomic mass is 10.0. The SMILES string of the molecule is Oc1cc2c(cc1N=Cc1ccccn1)-c1ccccc1C2. The van der Waals surface area contributed by atoms with E-state index in [1.54, 1.807) is 12.4 Å². The summed E-state index contributed by atoms with van der Waals surface area (Å²) in [6, 6.07) is 17.8. The molecule has 1 heterocycles. The van der Waals surface area contributed by atoms with E-state index in [1.165, 1.54) is 11.1 Å². The number of hydrogen-bond donors (Lipinski definition) is 1. The van der Waals surface area contributed by atoms with Crippen LogP contribution in [0.4, 0.5) is 5.69 Å². The third kappa shape index (κ3) is 2.17. The first-order valence-electron chi connectivity index (χ1n) is 7.20. The van der Waals surface area contributed by atoms with Crippen LogP contribution in [-0.2, 0) is 6.42 Å². The second kappa shape index (κ2) is 5.11. The van der Waals surface area contributed by atoms with Gasteiger partial charge in [0.1, 0.15) is 11.4 Å². The Bertz CT molecular complexity index is 870. The van der Waals surface area contributed by atoms with Crippen LogP contribution in [0.1, 0.15) is 16.8 Å². The topological polar surface area (TPSA) is 45.5 Å². The largest absolute Gasteiger partial charge is 0.506 e. The number of rotatable bonds is 2. The Morgan fingerprint density at radius 1 is 0.955 bits per heavy atom. The molecule has 4 rings (SSSR count). The zero-order valence-electron chi connectivity index (χ0n) is 11.9. The van der Waals surface area contributed by atoms with Gasteiger partial charge >= 0.3 is 0 Å². The average Bonchev–Trinajstić information content (AvgIpc) is 2.91. The average molecular weight is 286 g/mol. The van der Waals surface area contributed by atoms with Crippen molar-refractivity contribution in [3.05, 3.63) is 77.6 Å². The fourth-order valence-corrected chi connectivity index (χ4v) is 2.85. The lowest BCUT2D eigenvalue weighted by Gasteiger charge is -2.05. The van der Waals surface area contributed by atoms with Gasteiger partial charge in [-0.2, -0.15) is 0 Å². The molecular formula is C19H14N2O. The van der Waals surface area contributed by atoms with Crippen LogP contribution in [0.2, 0.25) is 0 Å². The highest BCUT2D eigenvalue weighted by Crippen LogP contribution is 2.42. The Morgan fingerprint density at radius 3 is 2.68 bits per heavy atom. The minimum Gasteiger partial charge on any atom is -0.506 e. The zero-order chi connectivity index (χ0) is 14.9. The second-order valence-corrected chi connectivity index (χ2v) is 5.34. The van der Waals surface area contributed by atoms with Gasteiger partial charge in [-0.25, -0.2) is 0 Å². The Kier molecular flexibility index (Phi) is 2.97. The fraction of sp³-hybridized carbons (Fsp3) is 0.0526. The van der Waals surface area contributed by atoms with E-state index < -0.39 is 0 Å². The summed E-state index contributed by atoms with van der Waals surface area (Å²) in [4.78, 5) is 8.59. The molecule has 0 atom stereocenters. The van der Waals surface area contributed by atoms with Crippen molar-refractivity contribution in [3.63, 3.8) is 0 Å². The number of benzene rings is 2. The maximum absolute atomic E-state index is 10.2. The van der Waals surface area contributed by atoms with Gasteiger partial charge in [-0.15, -0.1) is 0 Å². The number of fused-ring (bicyclic) bond motifs is 3. The highest BCUT2D eigenvalue weighted by atomic mass is 16.3. The number of aliphatic imine (C=N–C) groups is 1. The van der Waals surface area contributed by atoms with Gasteiger partial charge in [0.15, 0.2) is 0 Å². The van der Waals surface area contributed by atoms with Crippen molar-refractivity contribution in [1.29, 1.82) is 0 Å². The Morgan fingerprint density at radius 2 is 1.82 bits per heavy atom. The molecule has 0 saturated heterocycles. The van der Waals surface area contributed by atoms with Crippen molar-refractivity contribution in [2.24, 2.45) is 4.99 Å². The molecule has 106 valence electrons. The van der Waals surface area contributed by atoms with Crippen LogP contribution in [0.15, 0.2) is 65.8 Å². The van der Waals surface area contributed by atoms with E-state index in [-0.39, 0.29) is 5.75 Å². The van der Waals surface area contributed by atoms with Gasteiger partial charge in [0.2, 0.25) is 0 Å². The summed E-state index contributed by atoms with van der Waals surface area (Å²) >= 11 is 0. The molecule has 0 aliphatic heterocycles. The molecule has 0 spiro atoms. The maximum Gasteiger partial charge on any atom is 0.141 e. The first-order valence-corrected chi connectivity index (χ1v) is 7.20. The molecule has 1 aliphatic carbocycles. The highest BCUT2D eigenvalue weighted by Gasteiger charge is 2.19. The summed E-state index contributed by atoms with van der Waals surface area (Å²) in [5, 5.41) is 10.2. The summed E-state index contributed by atoms with van der Waals surface area (Å²) < 4.78 is 0. The van der Waals surface area contributed by atoms with E-state index in [9.17, 15) is 5.11 Å². The molecule has 1 aromatic heterocycles. The lowest BCUT2D eigenvalue weighted by molar-refractivity contribution is 0.476. The summed E-state index contributed by atoms with van der Waals surface area (Å²) in [5.41, 5.74) is 6.16. The standard InChI is InChI=1S/C19H14N2O/c22-19-10-14-9-13-5-1-2-7-16(13)17(14)11-18(19)21-12-15-6-3-4-8-20-15/h1-8,10-12,22H,9H2. The van der Waals surface area contributed by atoms with Gasteiger partial charge in [-0.3, -0.25) is 9.98 Å². The van der Waals surface area contributed by atoms with Crippen LogP contribution in [0.5, 0.6) is 5.75 Å². The number of phenolic OH excluding ortho intramolecular Hbond substituents is 1. The fourth-order valence-electron chi connectivity index (χ4n) is 2.85. The summed E-state index contributed by atoms with van der Waals surface area (Å²) in [5.74, 6) is 0.207. The number of nitrogens with zero attached hydrogens (tertiary/aromatic N) is 2. The summed E-state index contributed by atoms with van der Waals surface area (Å²) in [6.07, 6.45) is 4.26. The predicted octanol–water partition coefficient (Wildman–Crippen LogP) is 4.11. The number of aromatic hydroxyl groups is 1. The van der Waals surface area contributed by atoms with Crippen molar-refractivity contribution in [2.75, 3.05) is 0 Å². The van der Waals surface area contributed by atoms with Crippen molar-refractivity contribution < 1.29 is 5.11 Å². The first kappa shape index (κ1) is 12.8.